The van der Waals surface area contributed by atoms with Crippen LogP contribution in [0.3, 0.4) is 0 Å². The van der Waals surface area contributed by atoms with E-state index in [0.717, 1.165) is 12.0 Å². The number of nitrogens with zero attached hydrogens (tertiary/aromatic N) is 1. The number of likely N-dealkylation sites (tertiary alicyclic amines) is 1. The van der Waals surface area contributed by atoms with Crippen LogP contribution in [0.4, 0.5) is 4.79 Å². The zero-order valence-electron chi connectivity index (χ0n) is 25.5. The monoisotopic (exact) mass is 609 g/mol. The highest BCUT2D eigenvalue weighted by Gasteiger charge is 2.39. The predicted molar refractivity (Wildman–Crippen MR) is 163 cm³/mol. The van der Waals surface area contributed by atoms with Gasteiger partial charge < -0.3 is 36.4 Å². The Hall–Kier alpha value is -4.45. The number of nitrogens with one attached hydrogen (secondary N) is 3. The number of rotatable bonds is 12. The molecule has 0 bridgehead atoms. The van der Waals surface area contributed by atoms with E-state index in [0.29, 0.717) is 18.4 Å². The van der Waals surface area contributed by atoms with E-state index in [-0.39, 0.29) is 25.5 Å². The highest BCUT2D eigenvalue weighted by molar-refractivity contribution is 5.92. The third-order valence-electron chi connectivity index (χ3n) is 7.07. The molecule has 1 aliphatic rings. The molecule has 0 aliphatic carbocycles. The molecule has 0 radical (unpaired) electrons. The normalized spacial score (nSPS) is 17.0. The molecule has 1 heterocycles. The Labute approximate surface area is 257 Å². The summed E-state index contributed by atoms with van der Waals surface area (Å²) in [7, 11) is 0. The number of piperidine rings is 1. The summed E-state index contributed by atoms with van der Waals surface area (Å²) in [6, 6.07) is 14.4. The Morgan fingerprint density at radius 1 is 0.955 bits per heavy atom. The van der Waals surface area contributed by atoms with Gasteiger partial charge >= 0.3 is 6.09 Å². The first kappa shape index (κ1) is 34.0. The minimum atomic E-state index is -1.73. The molecule has 0 spiro atoms. The van der Waals surface area contributed by atoms with E-state index in [4.69, 9.17) is 10.5 Å². The van der Waals surface area contributed by atoms with Gasteiger partial charge in [-0.2, -0.15) is 0 Å². The van der Waals surface area contributed by atoms with E-state index in [1.165, 1.54) is 4.90 Å². The van der Waals surface area contributed by atoms with Crippen molar-refractivity contribution in [2.45, 2.75) is 89.3 Å². The van der Waals surface area contributed by atoms with E-state index in [1.54, 1.807) is 54.6 Å². The van der Waals surface area contributed by atoms with Crippen molar-refractivity contribution < 1.29 is 33.8 Å². The van der Waals surface area contributed by atoms with Crippen molar-refractivity contribution in [2.24, 2.45) is 5.73 Å². The van der Waals surface area contributed by atoms with Gasteiger partial charge in [-0.15, -0.1) is 0 Å². The van der Waals surface area contributed by atoms with Gasteiger partial charge in [-0.25, -0.2) is 4.79 Å². The lowest BCUT2D eigenvalue weighted by Gasteiger charge is -2.38. The number of alkyl carbamates (subject to hydrolysis) is 1. The average Bonchev–Trinajstić information content (AvgIpc) is 2.98. The number of nitrogens with two attached hydrogens (primary N) is 1. The molecule has 4 atom stereocenters. The maximum Gasteiger partial charge on any atom is 0.408 e. The molecule has 12 heteroatoms. The Bertz CT molecular complexity index is 1280. The van der Waals surface area contributed by atoms with Crippen LogP contribution in [0.2, 0.25) is 0 Å². The molecule has 0 aromatic heterocycles. The second kappa shape index (κ2) is 15.9. The van der Waals surface area contributed by atoms with E-state index < -0.39 is 60.0 Å². The van der Waals surface area contributed by atoms with Gasteiger partial charge in [0.2, 0.25) is 17.7 Å². The van der Waals surface area contributed by atoms with Gasteiger partial charge in [0.05, 0.1) is 12.5 Å². The van der Waals surface area contributed by atoms with E-state index >= 15 is 0 Å². The summed E-state index contributed by atoms with van der Waals surface area (Å²) >= 11 is 0. The fraction of sp³-hybridized carbons (Fsp3) is 0.469. The maximum atomic E-state index is 13.7. The van der Waals surface area contributed by atoms with Crippen LogP contribution in [0, 0.1) is 0 Å². The van der Waals surface area contributed by atoms with Crippen LogP contribution >= 0.6 is 0 Å². The van der Waals surface area contributed by atoms with Gasteiger partial charge in [-0.1, -0.05) is 60.7 Å². The summed E-state index contributed by atoms with van der Waals surface area (Å²) in [4.78, 5) is 65.9. The van der Waals surface area contributed by atoms with Crippen molar-refractivity contribution in [3.05, 3.63) is 71.8 Å². The highest BCUT2D eigenvalue weighted by Crippen LogP contribution is 2.21. The van der Waals surface area contributed by atoms with Crippen molar-refractivity contribution >= 4 is 29.7 Å². The van der Waals surface area contributed by atoms with Crippen LogP contribution in [0.25, 0.3) is 0 Å². The molecule has 3 rings (SSSR count). The summed E-state index contributed by atoms with van der Waals surface area (Å²) in [6.07, 6.45) is -1.35. The number of aliphatic hydroxyl groups is 1. The minimum absolute atomic E-state index is 0.0495. The molecule has 1 aliphatic heterocycles. The molecule has 6 N–H and O–H groups in total. The van der Waals surface area contributed by atoms with Crippen LogP contribution in [-0.2, 0) is 36.9 Å². The summed E-state index contributed by atoms with van der Waals surface area (Å²) in [5, 5.41) is 19.3. The van der Waals surface area contributed by atoms with Crippen LogP contribution in [0.15, 0.2) is 60.7 Å². The number of carbonyl (C=O) groups is 5. The Morgan fingerprint density at radius 2 is 1.57 bits per heavy atom. The molecule has 44 heavy (non-hydrogen) atoms. The van der Waals surface area contributed by atoms with Gasteiger partial charge in [-0.05, 0) is 57.6 Å². The highest BCUT2D eigenvalue weighted by atomic mass is 16.5. The van der Waals surface area contributed by atoms with Crippen LogP contribution < -0.4 is 21.7 Å². The average molecular weight is 610 g/mol. The third-order valence-corrected chi connectivity index (χ3v) is 7.07. The number of ether oxygens (including phenoxy) is 1. The molecular formula is C32H43N5O7. The lowest BCUT2D eigenvalue weighted by Crippen LogP contribution is -2.61. The largest absolute Gasteiger partial charge is 0.445 e. The number of hydrogen-bond acceptors (Lipinski definition) is 7. The van der Waals surface area contributed by atoms with Crippen molar-refractivity contribution in [2.75, 3.05) is 6.54 Å². The summed E-state index contributed by atoms with van der Waals surface area (Å²) in [5.41, 5.74) is 6.28. The van der Waals surface area contributed by atoms with Gasteiger partial charge in [0.1, 0.15) is 18.7 Å². The number of hydrogen-bond donors (Lipinski definition) is 5. The summed E-state index contributed by atoms with van der Waals surface area (Å²) in [6.45, 7) is 5.72. The Morgan fingerprint density at radius 3 is 2.16 bits per heavy atom. The van der Waals surface area contributed by atoms with Crippen molar-refractivity contribution in [3.63, 3.8) is 0 Å². The quantitative estimate of drug-likeness (QED) is 0.242. The minimum Gasteiger partial charge on any atom is -0.445 e. The van der Waals surface area contributed by atoms with E-state index in [1.807, 2.05) is 26.8 Å². The molecular weight excluding hydrogens is 566 g/mol. The second-order valence-corrected chi connectivity index (χ2v) is 12.0. The Balaban J connectivity index is 1.78. The molecule has 0 saturated carbocycles. The number of amides is 5. The standard InChI is InChI=1S/C32H43N5O7/c1-32(2,3)36-29(41)25-16-10-11-17-37(25)30(42)27(39)23(18-21-12-6-4-7-13-21)34-28(40)24(19-26(33)38)35-31(43)44-20-22-14-8-5-9-15-22/h4-9,12-15,23-25,27,39H,10-11,16-20H2,1-3H3,(H2,33,38)(H,34,40)(H,35,43)(H,36,41)/t23-,24-,25-,27-/m0/s1. The van der Waals surface area contributed by atoms with Crippen LogP contribution in [-0.4, -0.2) is 76.0 Å². The number of aliphatic hydroxyl groups excluding tert-OH is 1. The fourth-order valence-electron chi connectivity index (χ4n) is 4.97. The van der Waals surface area contributed by atoms with Crippen molar-refractivity contribution in [1.29, 1.82) is 0 Å². The fourth-order valence-corrected chi connectivity index (χ4v) is 4.97. The molecule has 2 aromatic rings. The SMILES string of the molecule is CC(C)(C)NC(=O)[C@@H]1CCCCN1C(=O)[C@@H](O)[C@H](Cc1ccccc1)NC(=O)[C@H](CC(N)=O)NC(=O)OCc1ccccc1. The first-order valence-corrected chi connectivity index (χ1v) is 14.7. The van der Waals surface area contributed by atoms with Crippen LogP contribution in [0.5, 0.6) is 0 Å². The Kier molecular flexibility index (Phi) is 12.3. The molecule has 1 fully saturated rings. The number of carbonyl (C=O) groups excluding carboxylic acids is 5. The smallest absolute Gasteiger partial charge is 0.408 e. The summed E-state index contributed by atoms with van der Waals surface area (Å²) in [5.74, 6) is -2.72. The zero-order valence-corrected chi connectivity index (χ0v) is 25.5. The lowest BCUT2D eigenvalue weighted by molar-refractivity contribution is -0.151. The molecule has 1 saturated heterocycles. The van der Waals surface area contributed by atoms with Gasteiger partial charge in [0.15, 0.2) is 6.10 Å². The van der Waals surface area contributed by atoms with Crippen molar-refractivity contribution in [1.82, 2.24) is 20.9 Å². The molecule has 0 unspecified atom stereocenters. The molecule has 12 nitrogen and oxygen atoms in total. The van der Waals surface area contributed by atoms with Crippen molar-refractivity contribution in [3.8, 4) is 0 Å². The first-order chi connectivity index (χ1) is 20.8. The number of benzene rings is 2. The molecule has 2 aromatic carbocycles. The van der Waals surface area contributed by atoms with Gasteiger partial charge in [-0.3, -0.25) is 19.2 Å². The zero-order chi connectivity index (χ0) is 32.3. The third kappa shape index (κ3) is 10.7. The lowest BCUT2D eigenvalue weighted by atomic mass is 9.95. The molecule has 238 valence electrons. The second-order valence-electron chi connectivity index (χ2n) is 12.0. The first-order valence-electron chi connectivity index (χ1n) is 14.7. The van der Waals surface area contributed by atoms with Gasteiger partial charge in [0.25, 0.3) is 5.91 Å². The van der Waals surface area contributed by atoms with E-state index in [2.05, 4.69) is 16.0 Å². The number of primary amides is 1. The maximum absolute atomic E-state index is 13.7. The van der Waals surface area contributed by atoms with Crippen LogP contribution in [0.1, 0.15) is 57.6 Å². The predicted octanol–water partition coefficient (Wildman–Crippen LogP) is 1.54. The van der Waals surface area contributed by atoms with E-state index in [9.17, 15) is 29.1 Å². The van der Waals surface area contributed by atoms with Gasteiger partial charge in [0, 0.05) is 12.1 Å². The summed E-state index contributed by atoms with van der Waals surface area (Å²) < 4.78 is 5.19. The molecule has 5 amide bonds. The topological polar surface area (TPSA) is 180 Å².